The van der Waals surface area contributed by atoms with E-state index in [1.807, 2.05) is 0 Å². The van der Waals surface area contributed by atoms with E-state index in [1.165, 1.54) is 11.3 Å². The van der Waals surface area contributed by atoms with Crippen molar-refractivity contribution in [2.75, 3.05) is 6.54 Å². The Labute approximate surface area is 117 Å². The number of alkyl halides is 1. The molecule has 0 amide bonds. The van der Waals surface area contributed by atoms with Crippen LogP contribution in [-0.2, 0) is 10.0 Å². The van der Waals surface area contributed by atoms with Gasteiger partial charge in [0.1, 0.15) is 4.21 Å². The highest BCUT2D eigenvalue weighted by Crippen LogP contribution is 2.25. The van der Waals surface area contributed by atoms with Crippen LogP contribution >= 0.6 is 43.2 Å². The van der Waals surface area contributed by atoms with E-state index < -0.39 is 10.0 Å². The number of rotatable bonds is 6. The van der Waals surface area contributed by atoms with E-state index in [0.29, 0.717) is 15.6 Å². The first-order valence-electron chi connectivity index (χ1n) is 4.84. The maximum absolute atomic E-state index is 11.8. The van der Waals surface area contributed by atoms with Gasteiger partial charge in [0.05, 0.1) is 3.79 Å². The minimum absolute atomic E-state index is 0.349. The molecule has 0 fully saturated rings. The molecule has 1 heterocycles. The molecule has 0 saturated heterocycles. The molecule has 3 nitrogen and oxygen atoms in total. The summed E-state index contributed by atoms with van der Waals surface area (Å²) in [5.41, 5.74) is 0. The third kappa shape index (κ3) is 4.44. The van der Waals surface area contributed by atoms with Crippen molar-refractivity contribution in [3.63, 3.8) is 0 Å². The summed E-state index contributed by atoms with van der Waals surface area (Å²) < 4.78 is 27.3. The maximum atomic E-state index is 11.8. The lowest BCUT2D eigenvalue weighted by Crippen LogP contribution is -2.25. The van der Waals surface area contributed by atoms with Crippen LogP contribution in [0.5, 0.6) is 0 Å². The van der Waals surface area contributed by atoms with E-state index in [2.05, 4.69) is 43.5 Å². The van der Waals surface area contributed by atoms with Gasteiger partial charge in [-0.25, -0.2) is 13.1 Å². The fourth-order valence-corrected chi connectivity index (χ4v) is 4.40. The monoisotopic (exact) mass is 389 g/mol. The van der Waals surface area contributed by atoms with Gasteiger partial charge in [-0.05, 0) is 40.9 Å². The molecule has 0 aliphatic rings. The highest BCUT2D eigenvalue weighted by atomic mass is 79.9. The number of hydrogen-bond acceptors (Lipinski definition) is 3. The molecule has 0 saturated carbocycles. The molecule has 0 bridgehead atoms. The highest BCUT2D eigenvalue weighted by molar-refractivity contribution is 9.11. The minimum Gasteiger partial charge on any atom is -0.210 e. The zero-order chi connectivity index (χ0) is 12.2. The number of thiophene rings is 1. The van der Waals surface area contributed by atoms with Gasteiger partial charge in [0.2, 0.25) is 10.0 Å². The van der Waals surface area contributed by atoms with Crippen LogP contribution < -0.4 is 4.72 Å². The summed E-state index contributed by atoms with van der Waals surface area (Å²) in [6, 6.07) is 3.33. The standard InChI is InChI=1S/C9H13Br2NO2S2/c1-2-7(10)5-6-12-16(13,14)9-4-3-8(11)15-9/h3-4,7,12H,2,5-6H2,1H3. The van der Waals surface area contributed by atoms with Crippen LogP contribution in [0.3, 0.4) is 0 Å². The predicted molar refractivity (Wildman–Crippen MR) is 74.8 cm³/mol. The Morgan fingerprint density at radius 3 is 2.69 bits per heavy atom. The molecular weight excluding hydrogens is 378 g/mol. The van der Waals surface area contributed by atoms with Crippen LogP contribution in [-0.4, -0.2) is 19.8 Å². The Kier molecular flexibility index (Phi) is 5.93. The average Bonchev–Trinajstić information content (AvgIpc) is 2.65. The second-order valence-electron chi connectivity index (χ2n) is 3.25. The maximum Gasteiger partial charge on any atom is 0.250 e. The quantitative estimate of drug-likeness (QED) is 0.757. The van der Waals surface area contributed by atoms with Crippen LogP contribution in [0.1, 0.15) is 19.8 Å². The summed E-state index contributed by atoms with van der Waals surface area (Å²) in [5, 5.41) is 0. The molecular formula is C9H13Br2NO2S2. The minimum atomic E-state index is -3.33. The molecule has 0 aliphatic carbocycles. The van der Waals surface area contributed by atoms with E-state index >= 15 is 0 Å². The summed E-state index contributed by atoms with van der Waals surface area (Å²) in [5.74, 6) is 0. The summed E-state index contributed by atoms with van der Waals surface area (Å²) >= 11 is 7.92. The summed E-state index contributed by atoms with van der Waals surface area (Å²) in [6.07, 6.45) is 1.79. The lowest BCUT2D eigenvalue weighted by Gasteiger charge is -2.07. The summed E-state index contributed by atoms with van der Waals surface area (Å²) in [4.78, 5) is 0.366. The van der Waals surface area contributed by atoms with Crippen molar-refractivity contribution in [1.29, 1.82) is 0 Å². The molecule has 0 spiro atoms. The Bertz CT molecular complexity index is 430. The van der Waals surface area contributed by atoms with Gasteiger partial charge in [-0.2, -0.15) is 0 Å². The van der Waals surface area contributed by atoms with Gasteiger partial charge in [0.15, 0.2) is 0 Å². The first kappa shape index (κ1) is 14.6. The molecule has 1 rings (SSSR count). The SMILES string of the molecule is CCC(Br)CCNS(=O)(=O)c1ccc(Br)s1. The smallest absolute Gasteiger partial charge is 0.210 e. The van der Waals surface area contributed by atoms with E-state index in [4.69, 9.17) is 0 Å². The second-order valence-corrected chi connectivity index (χ2v) is 9.00. The van der Waals surface area contributed by atoms with E-state index in [1.54, 1.807) is 12.1 Å². The summed E-state index contributed by atoms with van der Waals surface area (Å²) in [7, 11) is -3.33. The Hall–Kier alpha value is 0.570. The molecule has 1 N–H and O–H groups in total. The lowest BCUT2D eigenvalue weighted by molar-refractivity contribution is 0.579. The van der Waals surface area contributed by atoms with E-state index in [9.17, 15) is 8.42 Å². The van der Waals surface area contributed by atoms with E-state index in [-0.39, 0.29) is 0 Å². The Morgan fingerprint density at radius 2 is 2.19 bits per heavy atom. The van der Waals surface area contributed by atoms with Crippen molar-refractivity contribution in [3.05, 3.63) is 15.9 Å². The molecule has 92 valence electrons. The van der Waals surface area contributed by atoms with Gasteiger partial charge in [-0.15, -0.1) is 11.3 Å². The first-order chi connectivity index (χ1) is 7.45. The van der Waals surface area contributed by atoms with Gasteiger partial charge >= 0.3 is 0 Å². The fourth-order valence-electron chi connectivity index (χ4n) is 1.07. The van der Waals surface area contributed by atoms with Crippen molar-refractivity contribution in [2.45, 2.75) is 28.8 Å². The van der Waals surface area contributed by atoms with Crippen molar-refractivity contribution in [3.8, 4) is 0 Å². The van der Waals surface area contributed by atoms with Crippen molar-refractivity contribution >= 4 is 53.2 Å². The van der Waals surface area contributed by atoms with Gasteiger partial charge in [0.25, 0.3) is 0 Å². The van der Waals surface area contributed by atoms with Crippen LogP contribution in [0.4, 0.5) is 0 Å². The second kappa shape index (κ2) is 6.49. The third-order valence-corrected chi connectivity index (χ3v) is 6.69. The molecule has 1 atom stereocenters. The van der Waals surface area contributed by atoms with Crippen LogP contribution in [0.15, 0.2) is 20.1 Å². The van der Waals surface area contributed by atoms with Crippen molar-refractivity contribution in [1.82, 2.24) is 4.72 Å². The topological polar surface area (TPSA) is 46.2 Å². The van der Waals surface area contributed by atoms with Crippen molar-refractivity contribution < 1.29 is 8.42 Å². The molecule has 0 aromatic carbocycles. The van der Waals surface area contributed by atoms with Gasteiger partial charge in [-0.1, -0.05) is 22.9 Å². The lowest BCUT2D eigenvalue weighted by atomic mass is 10.2. The molecule has 7 heteroatoms. The average molecular weight is 391 g/mol. The van der Waals surface area contributed by atoms with Gasteiger partial charge in [-0.3, -0.25) is 0 Å². The van der Waals surface area contributed by atoms with Gasteiger partial charge in [0, 0.05) is 11.4 Å². The molecule has 1 aromatic heterocycles. The molecule has 16 heavy (non-hydrogen) atoms. The predicted octanol–water partition coefficient (Wildman–Crippen LogP) is 3.35. The third-order valence-electron chi connectivity index (χ3n) is 2.01. The largest absolute Gasteiger partial charge is 0.250 e. The van der Waals surface area contributed by atoms with Crippen LogP contribution in [0, 0.1) is 0 Å². The number of sulfonamides is 1. The number of halogens is 2. The number of hydrogen-bond donors (Lipinski definition) is 1. The Morgan fingerprint density at radius 1 is 1.50 bits per heavy atom. The van der Waals surface area contributed by atoms with Crippen molar-refractivity contribution in [2.24, 2.45) is 0 Å². The normalized spacial score (nSPS) is 13.9. The molecule has 1 aromatic rings. The zero-order valence-electron chi connectivity index (χ0n) is 8.74. The Balaban J connectivity index is 2.53. The highest BCUT2D eigenvalue weighted by Gasteiger charge is 2.16. The first-order valence-corrected chi connectivity index (χ1v) is 8.85. The molecule has 1 unspecified atom stereocenters. The molecule has 0 radical (unpaired) electrons. The molecule has 0 aliphatic heterocycles. The van der Waals surface area contributed by atoms with Crippen LogP contribution in [0.2, 0.25) is 0 Å². The fraction of sp³-hybridized carbons (Fsp3) is 0.556. The zero-order valence-corrected chi connectivity index (χ0v) is 13.5. The van der Waals surface area contributed by atoms with Crippen LogP contribution in [0.25, 0.3) is 0 Å². The van der Waals surface area contributed by atoms with Gasteiger partial charge < -0.3 is 0 Å². The van der Waals surface area contributed by atoms with E-state index in [0.717, 1.165) is 16.6 Å². The summed E-state index contributed by atoms with van der Waals surface area (Å²) in [6.45, 7) is 2.52. The number of nitrogens with one attached hydrogen (secondary N) is 1.